The van der Waals surface area contributed by atoms with Gasteiger partial charge >= 0.3 is 0 Å². The number of nitrogens with zero attached hydrogens (tertiary/aromatic N) is 3. The van der Waals surface area contributed by atoms with E-state index >= 15 is 0 Å². The molecule has 1 atom stereocenters. The van der Waals surface area contributed by atoms with Gasteiger partial charge in [-0.15, -0.1) is 0 Å². The van der Waals surface area contributed by atoms with Gasteiger partial charge in [-0.3, -0.25) is 14.9 Å². The first-order valence-corrected chi connectivity index (χ1v) is 9.82. The molecule has 1 aromatic carbocycles. The van der Waals surface area contributed by atoms with Crippen LogP contribution in [0, 0.1) is 22.0 Å². The van der Waals surface area contributed by atoms with Crippen molar-refractivity contribution in [2.24, 2.45) is 11.8 Å². The molecule has 0 aromatic heterocycles. The molecule has 0 saturated carbocycles. The maximum absolute atomic E-state index is 13.0. The van der Waals surface area contributed by atoms with Crippen molar-refractivity contribution in [1.82, 2.24) is 9.80 Å². The van der Waals surface area contributed by atoms with Crippen molar-refractivity contribution in [3.63, 3.8) is 0 Å². The second-order valence-electron chi connectivity index (χ2n) is 7.88. The molecule has 0 N–H and O–H groups in total. The van der Waals surface area contributed by atoms with Gasteiger partial charge in [0.25, 0.3) is 11.6 Å². The molecule has 0 radical (unpaired) electrons. The Morgan fingerprint density at radius 1 is 1.26 bits per heavy atom. The van der Waals surface area contributed by atoms with Gasteiger partial charge in [0.1, 0.15) is 5.75 Å². The quantitative estimate of drug-likeness (QED) is 0.583. The number of non-ortho nitro benzene ring substituents is 1. The predicted molar refractivity (Wildman–Crippen MR) is 103 cm³/mol. The van der Waals surface area contributed by atoms with Crippen LogP contribution in [0.25, 0.3) is 0 Å². The molecule has 1 amide bonds. The summed E-state index contributed by atoms with van der Waals surface area (Å²) in [7, 11) is 1.48. The summed E-state index contributed by atoms with van der Waals surface area (Å²) in [4.78, 5) is 28.0. The molecule has 2 saturated heterocycles. The number of piperidine rings is 2. The number of amides is 1. The van der Waals surface area contributed by atoms with Crippen molar-refractivity contribution in [2.75, 3.05) is 39.8 Å². The molecule has 1 aromatic rings. The fraction of sp³-hybridized carbons (Fsp3) is 0.650. The first-order chi connectivity index (χ1) is 13.0. The lowest BCUT2D eigenvalue weighted by Crippen LogP contribution is -2.45. The summed E-state index contributed by atoms with van der Waals surface area (Å²) in [6.07, 6.45) is 4.60. The number of nitro benzene ring substituents is 1. The van der Waals surface area contributed by atoms with E-state index in [1.54, 1.807) is 0 Å². The van der Waals surface area contributed by atoms with E-state index in [0.717, 1.165) is 38.4 Å². The molecular weight excluding hydrogens is 346 g/mol. The van der Waals surface area contributed by atoms with Gasteiger partial charge < -0.3 is 14.5 Å². The predicted octanol–water partition coefficient (Wildman–Crippen LogP) is 3.19. The van der Waals surface area contributed by atoms with Crippen molar-refractivity contribution < 1.29 is 14.5 Å². The molecule has 0 aliphatic carbocycles. The number of hydrogen-bond donors (Lipinski definition) is 0. The number of methoxy groups -OCH3 is 1. The number of hydrogen-bond acceptors (Lipinski definition) is 5. The molecule has 7 heteroatoms. The SMILES string of the molecule is COc1ccc([N+](=O)[O-])cc1C(=O)N1CCCC(CN2CCC(C)CC2)C1. The van der Waals surface area contributed by atoms with Crippen LogP contribution in [0.15, 0.2) is 18.2 Å². The van der Waals surface area contributed by atoms with E-state index in [4.69, 9.17) is 4.74 Å². The van der Waals surface area contributed by atoms with Crippen LogP contribution in [0.4, 0.5) is 5.69 Å². The van der Waals surface area contributed by atoms with E-state index in [2.05, 4.69) is 11.8 Å². The zero-order valence-electron chi connectivity index (χ0n) is 16.2. The number of rotatable bonds is 5. The molecule has 2 aliphatic rings. The molecule has 148 valence electrons. The summed E-state index contributed by atoms with van der Waals surface area (Å²) in [6, 6.07) is 4.20. The van der Waals surface area contributed by atoms with E-state index in [-0.39, 0.29) is 17.2 Å². The highest BCUT2D eigenvalue weighted by Crippen LogP contribution is 2.28. The molecule has 2 aliphatic heterocycles. The highest BCUT2D eigenvalue weighted by molar-refractivity contribution is 5.97. The summed E-state index contributed by atoms with van der Waals surface area (Å²) >= 11 is 0. The van der Waals surface area contributed by atoms with Gasteiger partial charge in [0.15, 0.2) is 0 Å². The number of carbonyl (C=O) groups is 1. The number of carbonyl (C=O) groups excluding carboxylic acids is 1. The van der Waals surface area contributed by atoms with Crippen molar-refractivity contribution >= 4 is 11.6 Å². The Labute approximate surface area is 160 Å². The summed E-state index contributed by atoms with van der Waals surface area (Å²) in [5, 5.41) is 11.1. The molecule has 2 heterocycles. The molecule has 0 spiro atoms. The van der Waals surface area contributed by atoms with Crippen LogP contribution >= 0.6 is 0 Å². The third kappa shape index (κ3) is 4.77. The Hall–Kier alpha value is -2.15. The zero-order chi connectivity index (χ0) is 19.4. The first-order valence-electron chi connectivity index (χ1n) is 9.82. The van der Waals surface area contributed by atoms with Gasteiger partial charge in [-0.05, 0) is 56.7 Å². The molecule has 1 unspecified atom stereocenters. The maximum atomic E-state index is 13.0. The Bertz CT molecular complexity index is 686. The molecule has 3 rings (SSSR count). The van der Waals surface area contributed by atoms with Gasteiger partial charge in [0.2, 0.25) is 0 Å². The minimum absolute atomic E-state index is 0.0878. The summed E-state index contributed by atoms with van der Waals surface area (Å²) in [6.45, 7) is 7.02. The lowest BCUT2D eigenvalue weighted by molar-refractivity contribution is -0.384. The van der Waals surface area contributed by atoms with Crippen LogP contribution < -0.4 is 4.74 Å². The smallest absolute Gasteiger partial charge is 0.270 e. The van der Waals surface area contributed by atoms with Crippen molar-refractivity contribution in [1.29, 1.82) is 0 Å². The van der Waals surface area contributed by atoms with E-state index < -0.39 is 4.92 Å². The van der Waals surface area contributed by atoms with E-state index in [0.29, 0.717) is 24.8 Å². The number of likely N-dealkylation sites (tertiary alicyclic amines) is 2. The van der Waals surface area contributed by atoms with Gasteiger partial charge in [0.05, 0.1) is 17.6 Å². The highest BCUT2D eigenvalue weighted by Gasteiger charge is 2.29. The van der Waals surface area contributed by atoms with Crippen molar-refractivity contribution in [2.45, 2.75) is 32.6 Å². The standard InChI is InChI=1S/C20H29N3O4/c1-15-7-10-21(11-8-15)13-16-4-3-9-22(14-16)20(24)18-12-17(23(25)26)5-6-19(18)27-2/h5-6,12,15-16H,3-4,7-11,13-14H2,1-2H3. The highest BCUT2D eigenvalue weighted by atomic mass is 16.6. The lowest BCUT2D eigenvalue weighted by Gasteiger charge is -2.38. The van der Waals surface area contributed by atoms with E-state index in [1.807, 2.05) is 4.90 Å². The summed E-state index contributed by atoms with van der Waals surface area (Å²) < 4.78 is 5.27. The van der Waals surface area contributed by atoms with Gasteiger partial charge in [-0.25, -0.2) is 0 Å². The Kier molecular flexibility index (Phi) is 6.31. The summed E-state index contributed by atoms with van der Waals surface area (Å²) in [5.41, 5.74) is 0.189. The van der Waals surface area contributed by atoms with Crippen molar-refractivity contribution in [3.8, 4) is 5.75 Å². The number of ether oxygens (including phenoxy) is 1. The van der Waals surface area contributed by atoms with Crippen LogP contribution in [0.2, 0.25) is 0 Å². The van der Waals surface area contributed by atoms with Gasteiger partial charge in [-0.2, -0.15) is 0 Å². The fourth-order valence-corrected chi connectivity index (χ4v) is 4.16. The number of benzene rings is 1. The topological polar surface area (TPSA) is 75.9 Å². The second kappa shape index (κ2) is 8.69. The molecule has 27 heavy (non-hydrogen) atoms. The van der Waals surface area contributed by atoms with Gasteiger partial charge in [-0.1, -0.05) is 6.92 Å². The average molecular weight is 375 g/mol. The lowest BCUT2D eigenvalue weighted by atomic mass is 9.94. The van der Waals surface area contributed by atoms with Crippen LogP contribution in [0.3, 0.4) is 0 Å². The molecule has 2 fully saturated rings. The number of nitro groups is 1. The summed E-state index contributed by atoms with van der Waals surface area (Å²) in [5.74, 6) is 1.48. The second-order valence-corrected chi connectivity index (χ2v) is 7.88. The van der Waals surface area contributed by atoms with Crippen molar-refractivity contribution in [3.05, 3.63) is 33.9 Å². The van der Waals surface area contributed by atoms with Gasteiger partial charge in [0, 0.05) is 31.8 Å². The normalized spacial score (nSPS) is 21.9. The Balaban J connectivity index is 1.67. The van der Waals surface area contributed by atoms with Crippen LogP contribution in [0.5, 0.6) is 5.75 Å². The van der Waals surface area contributed by atoms with E-state index in [1.165, 1.54) is 38.2 Å². The first kappa shape index (κ1) is 19.6. The molecule has 0 bridgehead atoms. The third-order valence-corrected chi connectivity index (χ3v) is 5.82. The monoisotopic (exact) mass is 375 g/mol. The third-order valence-electron chi connectivity index (χ3n) is 5.82. The van der Waals surface area contributed by atoms with Crippen LogP contribution in [-0.4, -0.2) is 60.5 Å². The van der Waals surface area contributed by atoms with E-state index in [9.17, 15) is 14.9 Å². The molecular formula is C20H29N3O4. The van der Waals surface area contributed by atoms with Crippen LogP contribution in [-0.2, 0) is 0 Å². The maximum Gasteiger partial charge on any atom is 0.270 e. The minimum atomic E-state index is -0.480. The Morgan fingerprint density at radius 3 is 2.67 bits per heavy atom. The average Bonchev–Trinajstić information content (AvgIpc) is 2.69. The molecule has 7 nitrogen and oxygen atoms in total. The van der Waals surface area contributed by atoms with Crippen LogP contribution in [0.1, 0.15) is 43.0 Å². The zero-order valence-corrected chi connectivity index (χ0v) is 16.2. The fourth-order valence-electron chi connectivity index (χ4n) is 4.16. The Morgan fingerprint density at radius 2 is 2.00 bits per heavy atom. The largest absolute Gasteiger partial charge is 0.496 e. The minimum Gasteiger partial charge on any atom is -0.496 e.